The first kappa shape index (κ1) is 14.7. The highest BCUT2D eigenvalue weighted by atomic mass is 32.1. The van der Waals surface area contributed by atoms with E-state index in [0.29, 0.717) is 13.0 Å². The fourth-order valence-electron chi connectivity index (χ4n) is 1.85. The third kappa shape index (κ3) is 4.46. The van der Waals surface area contributed by atoms with Crippen molar-refractivity contribution in [3.63, 3.8) is 0 Å². The normalized spacial score (nSPS) is 10.7. The number of unbranched alkanes of at least 4 members (excludes halogenated alkanes) is 1. The summed E-state index contributed by atoms with van der Waals surface area (Å²) < 4.78 is 6.28. The van der Waals surface area contributed by atoms with E-state index in [4.69, 9.17) is 4.74 Å². The molecule has 1 heterocycles. The first-order valence-corrected chi connectivity index (χ1v) is 7.61. The minimum absolute atomic E-state index is 0.141. The molecule has 0 N–H and O–H groups in total. The summed E-state index contributed by atoms with van der Waals surface area (Å²) in [5.41, 5.74) is 1.93. The molecule has 0 bridgehead atoms. The van der Waals surface area contributed by atoms with Gasteiger partial charge in [0.05, 0.1) is 15.2 Å². The van der Waals surface area contributed by atoms with Gasteiger partial charge in [0, 0.05) is 6.42 Å². The fraction of sp³-hybridized carbons (Fsp3) is 0.375. The zero-order valence-corrected chi connectivity index (χ0v) is 12.5. The average molecular weight is 289 g/mol. The number of nitrogens with zero attached hydrogens (tertiary/aromatic N) is 1. The number of para-hydroxylation sites is 1. The Morgan fingerprint density at radius 3 is 2.90 bits per heavy atom. The lowest BCUT2D eigenvalue weighted by Gasteiger charge is -2.03. The van der Waals surface area contributed by atoms with Crippen LogP contribution in [0.1, 0.15) is 31.2 Å². The second kappa shape index (κ2) is 7.20. The van der Waals surface area contributed by atoms with Crippen LogP contribution in [0.15, 0.2) is 36.4 Å². The van der Waals surface area contributed by atoms with Crippen LogP contribution >= 0.6 is 11.3 Å². The number of aryl methyl sites for hydroxylation is 1. The molecule has 0 aliphatic heterocycles. The molecule has 2 rings (SSSR count). The molecule has 4 heteroatoms. The average Bonchev–Trinajstić information content (AvgIpc) is 2.84. The lowest BCUT2D eigenvalue weighted by molar-refractivity contribution is -0.142. The van der Waals surface area contributed by atoms with Crippen LogP contribution < -0.4 is 0 Å². The third-order valence-electron chi connectivity index (χ3n) is 2.84. The van der Waals surface area contributed by atoms with E-state index in [-0.39, 0.29) is 5.97 Å². The molecule has 0 spiro atoms. The Bertz CT molecular complexity index is 570. The lowest BCUT2D eigenvalue weighted by atomic mass is 10.2. The molecule has 0 aliphatic rings. The van der Waals surface area contributed by atoms with Gasteiger partial charge < -0.3 is 4.74 Å². The summed E-state index contributed by atoms with van der Waals surface area (Å²) in [5.74, 6) is -0.141. The molecule has 0 atom stereocenters. The van der Waals surface area contributed by atoms with Gasteiger partial charge in [-0.2, -0.15) is 0 Å². The number of aromatic nitrogens is 1. The smallest absolute Gasteiger partial charge is 0.306 e. The molecule has 0 aliphatic carbocycles. The molecule has 0 radical (unpaired) electrons. The molecule has 20 heavy (non-hydrogen) atoms. The van der Waals surface area contributed by atoms with E-state index in [2.05, 4.69) is 17.6 Å². The van der Waals surface area contributed by atoms with Crippen molar-refractivity contribution in [1.29, 1.82) is 0 Å². The summed E-state index contributed by atoms with van der Waals surface area (Å²) in [4.78, 5) is 16.0. The Morgan fingerprint density at radius 1 is 1.35 bits per heavy atom. The molecule has 0 saturated carbocycles. The second-order valence-corrected chi connectivity index (χ2v) is 6.02. The number of ether oxygens (including phenoxy) is 1. The Kier molecular flexibility index (Phi) is 5.30. The van der Waals surface area contributed by atoms with Crippen molar-refractivity contribution in [3.05, 3.63) is 41.4 Å². The number of fused-ring (bicyclic) bond motifs is 1. The Labute approximate surface area is 123 Å². The zero-order valence-electron chi connectivity index (χ0n) is 11.7. The van der Waals surface area contributed by atoms with Crippen LogP contribution in [0.2, 0.25) is 0 Å². The van der Waals surface area contributed by atoms with Crippen molar-refractivity contribution in [3.8, 4) is 0 Å². The summed E-state index contributed by atoms with van der Waals surface area (Å²) in [6.07, 6.45) is 3.19. The number of esters is 1. The van der Waals surface area contributed by atoms with Gasteiger partial charge in [-0.05, 0) is 43.9 Å². The van der Waals surface area contributed by atoms with Gasteiger partial charge >= 0.3 is 5.97 Å². The van der Waals surface area contributed by atoms with Crippen molar-refractivity contribution in [2.45, 2.75) is 32.6 Å². The van der Waals surface area contributed by atoms with Gasteiger partial charge in [-0.15, -0.1) is 11.3 Å². The lowest BCUT2D eigenvalue weighted by Crippen LogP contribution is -2.06. The van der Waals surface area contributed by atoms with Crippen LogP contribution in [-0.2, 0) is 16.0 Å². The fourth-order valence-corrected chi connectivity index (χ4v) is 2.86. The van der Waals surface area contributed by atoms with E-state index >= 15 is 0 Å². The van der Waals surface area contributed by atoms with Gasteiger partial charge in [0.25, 0.3) is 0 Å². The van der Waals surface area contributed by atoms with Crippen LogP contribution in [-0.4, -0.2) is 17.6 Å². The zero-order chi connectivity index (χ0) is 14.4. The Morgan fingerprint density at radius 2 is 2.15 bits per heavy atom. The van der Waals surface area contributed by atoms with Crippen LogP contribution in [0.25, 0.3) is 10.2 Å². The number of rotatable bonds is 7. The van der Waals surface area contributed by atoms with Crippen LogP contribution in [0.5, 0.6) is 0 Å². The molecule has 0 unspecified atom stereocenters. The van der Waals surface area contributed by atoms with Crippen LogP contribution in [0.4, 0.5) is 0 Å². The molecule has 0 amide bonds. The standard InChI is InChI=1S/C16H19NO2S/c1-12(2)11-19-16(18)10-6-5-9-15-17-13-7-3-4-8-14(13)20-15/h3-4,7-8H,1,5-6,9-11H2,2H3. The summed E-state index contributed by atoms with van der Waals surface area (Å²) in [6, 6.07) is 8.15. The summed E-state index contributed by atoms with van der Waals surface area (Å²) in [5, 5.41) is 1.14. The van der Waals surface area contributed by atoms with Crippen molar-refractivity contribution >= 4 is 27.5 Å². The molecule has 0 fully saturated rings. The third-order valence-corrected chi connectivity index (χ3v) is 3.94. The number of carbonyl (C=O) groups is 1. The molecular formula is C16H19NO2S. The van der Waals surface area contributed by atoms with E-state index in [1.165, 1.54) is 4.70 Å². The highest BCUT2D eigenvalue weighted by Gasteiger charge is 2.05. The molecular weight excluding hydrogens is 270 g/mol. The summed E-state index contributed by atoms with van der Waals surface area (Å²) in [6.45, 7) is 5.88. The molecule has 106 valence electrons. The topological polar surface area (TPSA) is 39.2 Å². The number of hydrogen-bond acceptors (Lipinski definition) is 4. The number of carbonyl (C=O) groups excluding carboxylic acids is 1. The summed E-state index contributed by atoms with van der Waals surface area (Å²) in [7, 11) is 0. The minimum atomic E-state index is -0.141. The maximum Gasteiger partial charge on any atom is 0.306 e. The minimum Gasteiger partial charge on any atom is -0.461 e. The van der Waals surface area contributed by atoms with Gasteiger partial charge in [-0.1, -0.05) is 18.7 Å². The quantitative estimate of drug-likeness (QED) is 0.437. The molecule has 1 aromatic heterocycles. The van der Waals surface area contributed by atoms with Gasteiger partial charge in [0.15, 0.2) is 0 Å². The van der Waals surface area contributed by atoms with Gasteiger partial charge in [0.1, 0.15) is 6.61 Å². The van der Waals surface area contributed by atoms with Gasteiger partial charge in [0.2, 0.25) is 0 Å². The predicted molar refractivity (Wildman–Crippen MR) is 82.9 cm³/mol. The molecule has 0 saturated heterocycles. The Hall–Kier alpha value is -1.68. The highest BCUT2D eigenvalue weighted by molar-refractivity contribution is 7.18. The number of benzene rings is 1. The first-order valence-electron chi connectivity index (χ1n) is 6.79. The SMILES string of the molecule is C=C(C)COC(=O)CCCCc1nc2ccccc2s1. The molecule has 2 aromatic rings. The molecule has 1 aromatic carbocycles. The van der Waals surface area contributed by atoms with E-state index in [1.54, 1.807) is 11.3 Å². The number of hydrogen-bond donors (Lipinski definition) is 0. The maximum atomic E-state index is 11.4. The van der Waals surface area contributed by atoms with E-state index < -0.39 is 0 Å². The highest BCUT2D eigenvalue weighted by Crippen LogP contribution is 2.22. The van der Waals surface area contributed by atoms with E-state index in [1.807, 2.05) is 25.1 Å². The van der Waals surface area contributed by atoms with E-state index in [0.717, 1.165) is 35.4 Å². The number of thiazole rings is 1. The van der Waals surface area contributed by atoms with Crippen molar-refractivity contribution in [1.82, 2.24) is 4.98 Å². The second-order valence-electron chi connectivity index (χ2n) is 4.90. The molecule has 3 nitrogen and oxygen atoms in total. The Balaban J connectivity index is 1.70. The summed E-state index contributed by atoms with van der Waals surface area (Å²) >= 11 is 1.73. The van der Waals surface area contributed by atoms with Crippen LogP contribution in [0, 0.1) is 0 Å². The van der Waals surface area contributed by atoms with Crippen LogP contribution in [0.3, 0.4) is 0 Å². The largest absolute Gasteiger partial charge is 0.461 e. The monoisotopic (exact) mass is 289 g/mol. The van der Waals surface area contributed by atoms with Gasteiger partial charge in [-0.3, -0.25) is 4.79 Å². The predicted octanol–water partition coefficient (Wildman–Crippen LogP) is 4.13. The van der Waals surface area contributed by atoms with Crippen molar-refractivity contribution in [2.75, 3.05) is 6.61 Å². The maximum absolute atomic E-state index is 11.4. The van der Waals surface area contributed by atoms with Gasteiger partial charge in [-0.25, -0.2) is 4.98 Å². The van der Waals surface area contributed by atoms with Crippen molar-refractivity contribution < 1.29 is 9.53 Å². The van der Waals surface area contributed by atoms with Crippen molar-refractivity contribution in [2.24, 2.45) is 0 Å². The van der Waals surface area contributed by atoms with E-state index in [9.17, 15) is 4.79 Å². The first-order chi connectivity index (χ1) is 9.65.